The second-order valence-electron chi connectivity index (χ2n) is 9.20. The van der Waals surface area contributed by atoms with Crippen LogP contribution in [0.5, 0.6) is 0 Å². The van der Waals surface area contributed by atoms with Crippen molar-refractivity contribution in [3.05, 3.63) is 100 Å². The van der Waals surface area contributed by atoms with Gasteiger partial charge in [-0.1, -0.05) is 54.1 Å². The number of fused-ring (bicyclic) bond motifs is 4. The Kier molecular flexibility index (Phi) is 5.65. The zero-order chi connectivity index (χ0) is 26.6. The minimum atomic E-state index is -1.21. The third kappa shape index (κ3) is 3.71. The molecule has 3 aromatic carbocycles. The number of anilines is 1. The average molecular weight is 529 g/mol. The van der Waals surface area contributed by atoms with Gasteiger partial charge >= 0.3 is 12.0 Å². The van der Waals surface area contributed by atoms with E-state index in [2.05, 4.69) is 10.3 Å². The van der Waals surface area contributed by atoms with E-state index in [4.69, 9.17) is 16.7 Å². The molecule has 2 atom stereocenters. The molecule has 0 spiro atoms. The molecule has 4 aromatic rings. The SMILES string of the molecule is O=C(O)CNC(=O)c1ccccc1N1C(=O)[C@@H]2Cc3c([nH]c4ccccc34)[C@H](c3cccc(Cl)c3)N2C1=O. The van der Waals surface area contributed by atoms with Crippen molar-refractivity contribution in [2.75, 3.05) is 11.4 Å². The number of H-pyrrole nitrogens is 1. The second kappa shape index (κ2) is 9.04. The first kappa shape index (κ1) is 23.7. The molecular formula is C28H21ClN4O5. The Morgan fingerprint density at radius 3 is 2.58 bits per heavy atom. The predicted octanol–water partition coefficient (Wildman–Crippen LogP) is 4.12. The first-order chi connectivity index (χ1) is 18.3. The maximum absolute atomic E-state index is 14.0. The van der Waals surface area contributed by atoms with Crippen LogP contribution in [0.25, 0.3) is 10.9 Å². The molecule has 1 aromatic heterocycles. The van der Waals surface area contributed by atoms with Gasteiger partial charge in [0.1, 0.15) is 18.6 Å². The number of rotatable bonds is 5. The van der Waals surface area contributed by atoms with Crippen LogP contribution in [0, 0.1) is 0 Å². The molecule has 0 unspecified atom stereocenters. The minimum Gasteiger partial charge on any atom is -0.480 e. The van der Waals surface area contributed by atoms with E-state index in [1.165, 1.54) is 17.0 Å². The molecule has 190 valence electrons. The molecule has 9 nitrogen and oxygen atoms in total. The fourth-order valence-electron chi connectivity index (χ4n) is 5.43. The number of halogens is 1. The van der Waals surface area contributed by atoms with Crippen molar-refractivity contribution in [2.45, 2.75) is 18.5 Å². The number of hydrogen-bond acceptors (Lipinski definition) is 4. The number of amides is 4. The summed E-state index contributed by atoms with van der Waals surface area (Å²) in [4.78, 5) is 57.7. The lowest BCUT2D eigenvalue weighted by Gasteiger charge is -2.36. The highest BCUT2D eigenvalue weighted by atomic mass is 35.5. The molecule has 3 N–H and O–H groups in total. The van der Waals surface area contributed by atoms with E-state index in [-0.39, 0.29) is 11.3 Å². The van der Waals surface area contributed by atoms with Crippen LogP contribution in [0.1, 0.15) is 33.2 Å². The first-order valence-corrected chi connectivity index (χ1v) is 12.3. The van der Waals surface area contributed by atoms with Crippen molar-refractivity contribution in [3.63, 3.8) is 0 Å². The van der Waals surface area contributed by atoms with Crippen LogP contribution in [0.2, 0.25) is 5.02 Å². The van der Waals surface area contributed by atoms with E-state index in [1.54, 1.807) is 30.3 Å². The Morgan fingerprint density at radius 2 is 1.79 bits per heavy atom. The lowest BCUT2D eigenvalue weighted by atomic mass is 9.89. The largest absolute Gasteiger partial charge is 0.480 e. The molecule has 0 aliphatic carbocycles. The van der Waals surface area contributed by atoms with Gasteiger partial charge in [-0.3, -0.25) is 19.3 Å². The summed E-state index contributed by atoms with van der Waals surface area (Å²) in [7, 11) is 0. The van der Waals surface area contributed by atoms with Crippen molar-refractivity contribution in [1.82, 2.24) is 15.2 Å². The number of nitrogens with one attached hydrogen (secondary N) is 2. The lowest BCUT2D eigenvalue weighted by molar-refractivity contribution is -0.135. The average Bonchev–Trinajstić information content (AvgIpc) is 3.40. The van der Waals surface area contributed by atoms with E-state index in [0.717, 1.165) is 32.6 Å². The van der Waals surface area contributed by atoms with Crippen molar-refractivity contribution in [3.8, 4) is 0 Å². The highest BCUT2D eigenvalue weighted by Gasteiger charge is 2.53. The zero-order valence-corrected chi connectivity index (χ0v) is 20.6. The topological polar surface area (TPSA) is 123 Å². The van der Waals surface area contributed by atoms with Crippen LogP contribution in [-0.2, 0) is 16.0 Å². The second-order valence-corrected chi connectivity index (χ2v) is 9.63. The highest BCUT2D eigenvalue weighted by molar-refractivity contribution is 6.30. The van der Waals surface area contributed by atoms with Crippen molar-refractivity contribution in [1.29, 1.82) is 0 Å². The number of aromatic nitrogens is 1. The Labute approximate surface area is 221 Å². The standard InChI is InChI=1S/C28H21ClN4O5/c29-16-7-5-6-15(12-16)25-24-19(17-8-1-3-10-20(17)31-24)13-22-27(37)33(28(38)32(22)25)21-11-4-2-9-18(21)26(36)30-14-23(34)35/h1-12,22,25,31H,13-14H2,(H,30,36)(H,34,35)/t22-,25-/m0/s1. The smallest absolute Gasteiger partial charge is 0.332 e. The number of hydrogen-bond donors (Lipinski definition) is 3. The number of carbonyl (C=O) groups is 4. The van der Waals surface area contributed by atoms with Gasteiger partial charge in [-0.25, -0.2) is 9.69 Å². The van der Waals surface area contributed by atoms with Gasteiger partial charge in [0, 0.05) is 28.0 Å². The number of imide groups is 1. The quantitative estimate of drug-likeness (QED) is 0.336. The van der Waals surface area contributed by atoms with E-state index < -0.39 is 42.4 Å². The monoisotopic (exact) mass is 528 g/mol. The molecule has 0 bridgehead atoms. The summed E-state index contributed by atoms with van der Waals surface area (Å²) in [5, 5.41) is 12.7. The van der Waals surface area contributed by atoms with Crippen molar-refractivity contribution < 1.29 is 24.3 Å². The first-order valence-electron chi connectivity index (χ1n) is 12.0. The fourth-order valence-corrected chi connectivity index (χ4v) is 5.63. The number of nitrogens with zero attached hydrogens (tertiary/aromatic N) is 2. The minimum absolute atomic E-state index is 0.0265. The van der Waals surface area contributed by atoms with Crippen molar-refractivity contribution in [2.24, 2.45) is 0 Å². The third-order valence-electron chi connectivity index (χ3n) is 7.00. The van der Waals surface area contributed by atoms with Crippen LogP contribution in [0.15, 0.2) is 72.8 Å². The number of aliphatic carboxylic acids is 1. The van der Waals surface area contributed by atoms with Crippen LogP contribution in [0.4, 0.5) is 10.5 Å². The third-order valence-corrected chi connectivity index (χ3v) is 7.24. The summed E-state index contributed by atoms with van der Waals surface area (Å²) < 4.78 is 0. The molecule has 2 aliphatic heterocycles. The van der Waals surface area contributed by atoms with Crippen LogP contribution in [0.3, 0.4) is 0 Å². The van der Waals surface area contributed by atoms with Gasteiger partial charge in [-0.15, -0.1) is 0 Å². The molecule has 1 saturated heterocycles. The normalized spacial score (nSPS) is 18.4. The Morgan fingerprint density at radius 1 is 1.03 bits per heavy atom. The summed E-state index contributed by atoms with van der Waals surface area (Å²) in [5.41, 5.74) is 3.52. The molecular weight excluding hydrogens is 508 g/mol. The molecule has 3 heterocycles. The summed E-state index contributed by atoms with van der Waals surface area (Å²) in [6, 6.07) is 19.1. The van der Waals surface area contributed by atoms with Gasteiger partial charge < -0.3 is 15.4 Å². The Bertz CT molecular complexity index is 1650. The van der Waals surface area contributed by atoms with Gasteiger partial charge in [-0.2, -0.15) is 0 Å². The molecule has 6 rings (SSSR count). The van der Waals surface area contributed by atoms with E-state index in [1.807, 2.05) is 30.3 Å². The van der Waals surface area contributed by atoms with Gasteiger partial charge in [0.25, 0.3) is 11.8 Å². The molecule has 1 fully saturated rings. The summed E-state index contributed by atoms with van der Waals surface area (Å²) >= 11 is 6.33. The maximum Gasteiger partial charge on any atom is 0.332 e. The predicted molar refractivity (Wildman–Crippen MR) is 140 cm³/mol. The molecule has 2 aliphatic rings. The number of carbonyl (C=O) groups excluding carboxylic acids is 3. The number of benzene rings is 3. The fraction of sp³-hybridized carbons (Fsp3) is 0.143. The summed E-state index contributed by atoms with van der Waals surface area (Å²) in [6.45, 7) is -0.595. The summed E-state index contributed by atoms with van der Waals surface area (Å²) in [6.07, 6.45) is 0.296. The van der Waals surface area contributed by atoms with Crippen LogP contribution >= 0.6 is 11.6 Å². The maximum atomic E-state index is 14.0. The van der Waals surface area contributed by atoms with Gasteiger partial charge in [0.2, 0.25) is 0 Å². The Hall–Kier alpha value is -4.63. The molecule has 38 heavy (non-hydrogen) atoms. The van der Waals surface area contributed by atoms with Gasteiger partial charge in [-0.05, 0) is 41.5 Å². The zero-order valence-electron chi connectivity index (χ0n) is 19.8. The number of para-hydroxylation sites is 2. The number of carboxylic acids is 1. The van der Waals surface area contributed by atoms with Gasteiger partial charge in [0.15, 0.2) is 0 Å². The van der Waals surface area contributed by atoms with Crippen LogP contribution < -0.4 is 10.2 Å². The number of urea groups is 1. The molecule has 4 amide bonds. The lowest BCUT2D eigenvalue weighted by Crippen LogP contribution is -2.44. The van der Waals surface area contributed by atoms with E-state index in [9.17, 15) is 19.2 Å². The van der Waals surface area contributed by atoms with E-state index >= 15 is 0 Å². The number of carboxylic acid groups (broad SMARTS) is 1. The van der Waals surface area contributed by atoms with Gasteiger partial charge in [0.05, 0.1) is 11.3 Å². The van der Waals surface area contributed by atoms with Crippen molar-refractivity contribution >= 4 is 52.0 Å². The number of aromatic amines is 1. The summed E-state index contributed by atoms with van der Waals surface area (Å²) in [5.74, 6) is -2.37. The molecule has 0 radical (unpaired) electrons. The molecule has 10 heteroatoms. The molecule has 0 saturated carbocycles. The van der Waals surface area contributed by atoms with E-state index in [0.29, 0.717) is 11.4 Å². The highest BCUT2D eigenvalue weighted by Crippen LogP contribution is 2.45. The van der Waals surface area contributed by atoms with Crippen LogP contribution in [-0.4, -0.2) is 51.4 Å². The Balaban J connectivity index is 1.48.